The second-order valence-electron chi connectivity index (χ2n) is 2.72. The van der Waals surface area contributed by atoms with Gasteiger partial charge in [0, 0.05) is 6.07 Å². The zero-order chi connectivity index (χ0) is 12.1. The molecule has 0 spiro atoms. The molecule has 16 heavy (non-hydrogen) atoms. The standard InChI is InChI=1S/C8H10N4O3S/c1-2-16-8-6(7(9)11-13)3-5(4-10-8)12(14)15/h3-4,13H,2H2,1H3,(H2,9,11). The maximum Gasteiger partial charge on any atom is 0.288 e. The molecule has 0 atom stereocenters. The maximum absolute atomic E-state index is 10.5. The third-order valence-corrected chi connectivity index (χ3v) is 2.60. The lowest BCUT2D eigenvalue weighted by atomic mass is 10.2. The normalized spacial score (nSPS) is 11.4. The fourth-order valence-electron chi connectivity index (χ4n) is 1.03. The summed E-state index contributed by atoms with van der Waals surface area (Å²) in [5, 5.41) is 22.4. The largest absolute Gasteiger partial charge is 0.409 e. The molecule has 0 radical (unpaired) electrons. The summed E-state index contributed by atoms with van der Waals surface area (Å²) >= 11 is 1.36. The first-order valence-electron chi connectivity index (χ1n) is 4.35. The topological polar surface area (TPSA) is 115 Å². The van der Waals surface area contributed by atoms with E-state index < -0.39 is 4.92 Å². The zero-order valence-corrected chi connectivity index (χ0v) is 9.27. The lowest BCUT2D eigenvalue weighted by Crippen LogP contribution is -2.15. The molecule has 0 amide bonds. The molecule has 8 heteroatoms. The minimum atomic E-state index is -0.582. The van der Waals surface area contributed by atoms with Crippen LogP contribution >= 0.6 is 11.8 Å². The van der Waals surface area contributed by atoms with Gasteiger partial charge in [-0.15, -0.1) is 11.8 Å². The quantitative estimate of drug-likeness (QED) is 0.205. The molecule has 0 aliphatic rings. The predicted molar refractivity (Wildman–Crippen MR) is 59.8 cm³/mol. The van der Waals surface area contributed by atoms with Gasteiger partial charge in [0.1, 0.15) is 11.2 Å². The van der Waals surface area contributed by atoms with Crippen LogP contribution in [0.15, 0.2) is 22.4 Å². The fraction of sp³-hybridized carbons (Fsp3) is 0.250. The molecule has 0 aliphatic carbocycles. The summed E-state index contributed by atoms with van der Waals surface area (Å²) in [6.45, 7) is 1.91. The summed E-state index contributed by atoms with van der Waals surface area (Å²) in [6, 6.07) is 1.24. The molecule has 0 saturated heterocycles. The molecule has 0 saturated carbocycles. The van der Waals surface area contributed by atoms with Gasteiger partial charge >= 0.3 is 0 Å². The van der Waals surface area contributed by atoms with Crippen LogP contribution < -0.4 is 5.73 Å². The smallest absolute Gasteiger partial charge is 0.288 e. The SMILES string of the molecule is CCSc1ncc([N+](=O)[O-])cc1C(N)=NO. The van der Waals surface area contributed by atoms with E-state index in [-0.39, 0.29) is 17.1 Å². The Balaban J connectivity index is 3.26. The number of thioether (sulfide) groups is 1. The Morgan fingerprint density at radius 3 is 3.00 bits per heavy atom. The molecule has 0 aromatic carbocycles. The van der Waals surface area contributed by atoms with Crippen molar-refractivity contribution in [1.29, 1.82) is 0 Å². The predicted octanol–water partition coefficient (Wildman–Crippen LogP) is 1.20. The van der Waals surface area contributed by atoms with Gasteiger partial charge in [0.2, 0.25) is 0 Å². The highest BCUT2D eigenvalue weighted by molar-refractivity contribution is 7.99. The number of rotatable bonds is 4. The van der Waals surface area contributed by atoms with Crippen LogP contribution in [0.4, 0.5) is 5.69 Å². The molecule has 86 valence electrons. The summed E-state index contributed by atoms with van der Waals surface area (Å²) in [6.07, 6.45) is 1.14. The molecule has 0 unspecified atom stereocenters. The molecule has 1 heterocycles. The van der Waals surface area contributed by atoms with Gasteiger partial charge in [0.05, 0.1) is 10.5 Å². The maximum atomic E-state index is 10.5. The van der Waals surface area contributed by atoms with Crippen LogP contribution in [0.3, 0.4) is 0 Å². The van der Waals surface area contributed by atoms with Crippen molar-refractivity contribution >= 4 is 23.3 Å². The number of pyridine rings is 1. The van der Waals surface area contributed by atoms with Crippen LogP contribution in [0.5, 0.6) is 0 Å². The van der Waals surface area contributed by atoms with Crippen molar-refractivity contribution < 1.29 is 10.1 Å². The molecule has 1 rings (SSSR count). The first-order chi connectivity index (χ1) is 7.60. The highest BCUT2D eigenvalue weighted by atomic mass is 32.2. The molecule has 1 aromatic rings. The lowest BCUT2D eigenvalue weighted by molar-refractivity contribution is -0.385. The molecule has 0 fully saturated rings. The monoisotopic (exact) mass is 242 g/mol. The Labute approximate surface area is 95.5 Å². The van der Waals surface area contributed by atoms with Gasteiger partial charge in [-0.05, 0) is 5.75 Å². The van der Waals surface area contributed by atoms with E-state index in [1.807, 2.05) is 6.92 Å². The van der Waals surface area contributed by atoms with E-state index in [0.717, 1.165) is 11.9 Å². The van der Waals surface area contributed by atoms with Crippen molar-refractivity contribution in [2.75, 3.05) is 5.75 Å². The highest BCUT2D eigenvalue weighted by Crippen LogP contribution is 2.23. The Kier molecular flexibility index (Phi) is 4.06. The molecule has 1 aromatic heterocycles. The van der Waals surface area contributed by atoms with Gasteiger partial charge in [0.15, 0.2) is 5.84 Å². The number of hydrogen-bond donors (Lipinski definition) is 2. The molecular weight excluding hydrogens is 232 g/mol. The first-order valence-corrected chi connectivity index (χ1v) is 5.33. The number of hydrogen-bond acceptors (Lipinski definition) is 6. The number of amidine groups is 1. The molecule has 7 nitrogen and oxygen atoms in total. The minimum absolute atomic E-state index is 0.188. The van der Waals surface area contributed by atoms with Gasteiger partial charge in [-0.3, -0.25) is 10.1 Å². The minimum Gasteiger partial charge on any atom is -0.409 e. The van der Waals surface area contributed by atoms with E-state index in [0.29, 0.717) is 5.03 Å². The third-order valence-electron chi connectivity index (χ3n) is 1.71. The number of nitrogens with two attached hydrogens (primary N) is 1. The van der Waals surface area contributed by atoms with Crippen molar-refractivity contribution in [3.8, 4) is 0 Å². The van der Waals surface area contributed by atoms with Crippen molar-refractivity contribution in [3.63, 3.8) is 0 Å². The van der Waals surface area contributed by atoms with E-state index in [1.165, 1.54) is 17.8 Å². The van der Waals surface area contributed by atoms with Crippen molar-refractivity contribution in [2.24, 2.45) is 10.9 Å². The number of nitro groups is 1. The van der Waals surface area contributed by atoms with Crippen LogP contribution in [0.1, 0.15) is 12.5 Å². The van der Waals surface area contributed by atoms with Gasteiger partial charge in [-0.25, -0.2) is 4.98 Å². The highest BCUT2D eigenvalue weighted by Gasteiger charge is 2.15. The molecular formula is C8H10N4O3S. The van der Waals surface area contributed by atoms with Crippen LogP contribution in [-0.2, 0) is 0 Å². The number of oxime groups is 1. The molecule has 0 bridgehead atoms. The van der Waals surface area contributed by atoms with E-state index in [1.54, 1.807) is 0 Å². The fourth-order valence-corrected chi connectivity index (χ4v) is 1.75. The van der Waals surface area contributed by atoms with Crippen molar-refractivity contribution in [3.05, 3.63) is 27.9 Å². The van der Waals surface area contributed by atoms with Gasteiger partial charge in [-0.1, -0.05) is 12.1 Å². The Morgan fingerprint density at radius 2 is 2.50 bits per heavy atom. The van der Waals surface area contributed by atoms with Crippen molar-refractivity contribution in [2.45, 2.75) is 11.9 Å². The van der Waals surface area contributed by atoms with E-state index in [2.05, 4.69) is 10.1 Å². The van der Waals surface area contributed by atoms with Gasteiger partial charge in [0.25, 0.3) is 5.69 Å². The average molecular weight is 242 g/mol. The second-order valence-corrected chi connectivity index (χ2v) is 3.97. The van der Waals surface area contributed by atoms with Crippen LogP contribution in [-0.4, -0.2) is 26.7 Å². The van der Waals surface area contributed by atoms with Crippen LogP contribution in [0, 0.1) is 10.1 Å². The van der Waals surface area contributed by atoms with Gasteiger partial charge in [-0.2, -0.15) is 0 Å². The molecule has 3 N–H and O–H groups in total. The number of aromatic nitrogens is 1. The Hall–Kier alpha value is -1.83. The Bertz CT molecular complexity index is 435. The van der Waals surface area contributed by atoms with E-state index in [9.17, 15) is 10.1 Å². The summed E-state index contributed by atoms with van der Waals surface area (Å²) in [5.41, 5.74) is 5.49. The molecule has 0 aliphatic heterocycles. The summed E-state index contributed by atoms with van der Waals surface area (Å²) in [5.74, 6) is 0.545. The van der Waals surface area contributed by atoms with Crippen molar-refractivity contribution in [1.82, 2.24) is 4.98 Å². The average Bonchev–Trinajstić information content (AvgIpc) is 2.28. The number of nitrogens with zero attached hydrogens (tertiary/aromatic N) is 3. The summed E-state index contributed by atoms with van der Waals surface area (Å²) < 4.78 is 0. The second kappa shape index (κ2) is 5.31. The summed E-state index contributed by atoms with van der Waals surface area (Å²) in [7, 11) is 0. The van der Waals surface area contributed by atoms with Crippen LogP contribution in [0.2, 0.25) is 0 Å². The van der Waals surface area contributed by atoms with Crippen LogP contribution in [0.25, 0.3) is 0 Å². The summed E-state index contributed by atoms with van der Waals surface area (Å²) in [4.78, 5) is 13.9. The van der Waals surface area contributed by atoms with Gasteiger partial charge < -0.3 is 10.9 Å². The Morgan fingerprint density at radius 1 is 1.81 bits per heavy atom. The zero-order valence-electron chi connectivity index (χ0n) is 8.45. The third kappa shape index (κ3) is 2.60. The van der Waals surface area contributed by atoms with E-state index in [4.69, 9.17) is 10.9 Å². The lowest BCUT2D eigenvalue weighted by Gasteiger charge is -2.04. The first kappa shape index (κ1) is 12.2. The van der Waals surface area contributed by atoms with E-state index >= 15 is 0 Å².